The summed E-state index contributed by atoms with van der Waals surface area (Å²) in [6.07, 6.45) is 0. The van der Waals surface area contributed by atoms with Crippen molar-refractivity contribution in [1.29, 1.82) is 0 Å². The number of urea groups is 1. The van der Waals surface area contributed by atoms with Gasteiger partial charge in [-0.2, -0.15) is 5.10 Å². The Morgan fingerprint density at radius 1 is 1.04 bits per heavy atom. The lowest BCUT2D eigenvalue weighted by Gasteiger charge is -2.10. The van der Waals surface area contributed by atoms with Crippen molar-refractivity contribution in [2.45, 2.75) is 0 Å². The van der Waals surface area contributed by atoms with Crippen LogP contribution in [0.15, 0.2) is 65.1 Å². The maximum atomic E-state index is 12.2. The Morgan fingerprint density at radius 3 is 2.54 bits per heavy atom. The zero-order valence-corrected chi connectivity index (χ0v) is 16.1. The predicted molar refractivity (Wildman–Crippen MR) is 114 cm³/mol. The highest BCUT2D eigenvalue weighted by Crippen LogP contribution is 2.36. The van der Waals surface area contributed by atoms with Gasteiger partial charge in [-0.3, -0.25) is 5.10 Å². The van der Waals surface area contributed by atoms with E-state index in [9.17, 15) is 9.90 Å². The van der Waals surface area contributed by atoms with Crippen LogP contribution in [0.3, 0.4) is 0 Å². The first kappa shape index (κ1) is 17.9. The molecule has 3 aromatic carbocycles. The van der Waals surface area contributed by atoms with Crippen molar-refractivity contribution in [2.75, 3.05) is 16.4 Å². The van der Waals surface area contributed by atoms with Gasteiger partial charge in [-0.25, -0.2) is 4.79 Å². The standard InChI is InChI=1S/C20H16BrN5O2/c21-12-2-1-3-14(10-12)24-20(28)23-13-6-4-11(5-7-13)15-8-9-16(27)18-17(15)19(22)26-25-18/h1-10,27H,(H3,22,25,26)(H2,23,24,28). The lowest BCUT2D eigenvalue weighted by molar-refractivity contribution is 0.262. The van der Waals surface area contributed by atoms with Crippen molar-refractivity contribution in [2.24, 2.45) is 0 Å². The number of phenolic OH excluding ortho intramolecular Hbond substituents is 1. The van der Waals surface area contributed by atoms with Crippen LogP contribution >= 0.6 is 15.9 Å². The minimum atomic E-state index is -0.336. The molecule has 0 fully saturated rings. The zero-order valence-electron chi connectivity index (χ0n) is 14.5. The van der Waals surface area contributed by atoms with Gasteiger partial charge in [-0.05, 0) is 53.6 Å². The maximum Gasteiger partial charge on any atom is 0.323 e. The largest absolute Gasteiger partial charge is 0.506 e. The number of carbonyl (C=O) groups excluding carboxylic acids is 1. The number of hydrogen-bond acceptors (Lipinski definition) is 4. The number of nitrogens with one attached hydrogen (secondary N) is 3. The van der Waals surface area contributed by atoms with Gasteiger partial charge in [0.1, 0.15) is 11.3 Å². The average molecular weight is 438 g/mol. The number of aromatic amines is 1. The molecule has 28 heavy (non-hydrogen) atoms. The van der Waals surface area contributed by atoms with Crippen molar-refractivity contribution < 1.29 is 9.90 Å². The Kier molecular flexibility index (Phi) is 4.62. The molecule has 0 atom stereocenters. The summed E-state index contributed by atoms with van der Waals surface area (Å²) < 4.78 is 0.883. The highest BCUT2D eigenvalue weighted by molar-refractivity contribution is 9.10. The van der Waals surface area contributed by atoms with Gasteiger partial charge in [-0.1, -0.05) is 34.1 Å². The second kappa shape index (κ2) is 7.24. The summed E-state index contributed by atoms with van der Waals surface area (Å²) in [5, 5.41) is 22.9. The smallest absolute Gasteiger partial charge is 0.323 e. The van der Waals surface area contributed by atoms with Gasteiger partial charge < -0.3 is 21.5 Å². The van der Waals surface area contributed by atoms with Gasteiger partial charge in [0.2, 0.25) is 0 Å². The lowest BCUT2D eigenvalue weighted by atomic mass is 10.0. The van der Waals surface area contributed by atoms with Crippen LogP contribution in [0.2, 0.25) is 0 Å². The van der Waals surface area contributed by atoms with E-state index in [0.717, 1.165) is 15.6 Å². The van der Waals surface area contributed by atoms with E-state index in [0.29, 0.717) is 28.1 Å². The van der Waals surface area contributed by atoms with Crippen molar-refractivity contribution >= 4 is 50.1 Å². The number of amides is 2. The fraction of sp³-hybridized carbons (Fsp3) is 0. The van der Waals surface area contributed by atoms with E-state index in [1.807, 2.05) is 30.3 Å². The van der Waals surface area contributed by atoms with Gasteiger partial charge in [0.25, 0.3) is 0 Å². The molecule has 2 amide bonds. The van der Waals surface area contributed by atoms with E-state index in [4.69, 9.17) is 5.73 Å². The summed E-state index contributed by atoms with van der Waals surface area (Å²) in [5.74, 6) is 0.405. The predicted octanol–water partition coefficient (Wildman–Crippen LogP) is 4.92. The third-order valence-electron chi connectivity index (χ3n) is 4.26. The van der Waals surface area contributed by atoms with Crippen LogP contribution in [0.1, 0.15) is 0 Å². The van der Waals surface area contributed by atoms with Crippen LogP contribution in [0, 0.1) is 0 Å². The van der Waals surface area contributed by atoms with Crippen molar-refractivity contribution in [3.63, 3.8) is 0 Å². The van der Waals surface area contributed by atoms with Crippen LogP contribution < -0.4 is 16.4 Å². The Bertz CT molecular complexity index is 1170. The van der Waals surface area contributed by atoms with Gasteiger partial charge in [0.15, 0.2) is 5.82 Å². The topological polar surface area (TPSA) is 116 Å². The Labute approximate surface area is 168 Å². The number of phenols is 1. The van der Waals surface area contributed by atoms with Gasteiger partial charge in [0.05, 0.1) is 5.39 Å². The minimum Gasteiger partial charge on any atom is -0.506 e. The van der Waals surface area contributed by atoms with Crippen LogP contribution in [-0.2, 0) is 0 Å². The number of aromatic hydroxyl groups is 1. The molecule has 1 heterocycles. The van der Waals surface area contributed by atoms with Crippen LogP contribution in [0.25, 0.3) is 22.0 Å². The number of aromatic nitrogens is 2. The van der Waals surface area contributed by atoms with Crippen molar-refractivity contribution in [3.05, 3.63) is 65.1 Å². The van der Waals surface area contributed by atoms with E-state index >= 15 is 0 Å². The normalized spacial score (nSPS) is 10.8. The maximum absolute atomic E-state index is 12.2. The molecule has 140 valence electrons. The number of halogens is 1. The average Bonchev–Trinajstić information content (AvgIpc) is 3.06. The molecule has 7 nitrogen and oxygen atoms in total. The molecule has 1 aromatic heterocycles. The summed E-state index contributed by atoms with van der Waals surface area (Å²) in [6, 6.07) is 17.7. The SMILES string of the molecule is Nc1n[nH]c2c(O)ccc(-c3ccc(NC(=O)Nc4cccc(Br)c4)cc3)c12. The van der Waals surface area contributed by atoms with Crippen LogP contribution in [0.5, 0.6) is 5.75 Å². The van der Waals surface area contributed by atoms with Crippen LogP contribution in [0.4, 0.5) is 22.0 Å². The number of hydrogen-bond donors (Lipinski definition) is 5. The Hall–Kier alpha value is -3.52. The number of nitrogens with two attached hydrogens (primary N) is 1. The number of nitrogen functional groups attached to an aromatic ring is 1. The number of carbonyl (C=O) groups is 1. The third kappa shape index (κ3) is 3.49. The number of anilines is 3. The molecular formula is C20H16BrN5O2. The second-order valence-electron chi connectivity index (χ2n) is 6.16. The first-order chi connectivity index (χ1) is 13.5. The lowest BCUT2D eigenvalue weighted by Crippen LogP contribution is -2.19. The van der Waals surface area contributed by atoms with E-state index in [-0.39, 0.29) is 11.8 Å². The summed E-state index contributed by atoms with van der Waals surface area (Å²) in [5.41, 5.74) is 9.49. The summed E-state index contributed by atoms with van der Waals surface area (Å²) in [4.78, 5) is 12.2. The monoisotopic (exact) mass is 437 g/mol. The fourth-order valence-electron chi connectivity index (χ4n) is 2.98. The molecule has 0 aliphatic heterocycles. The molecule has 6 N–H and O–H groups in total. The van der Waals surface area contributed by atoms with Crippen molar-refractivity contribution in [3.8, 4) is 16.9 Å². The molecule has 0 aliphatic rings. The molecular weight excluding hydrogens is 422 g/mol. The highest BCUT2D eigenvalue weighted by atomic mass is 79.9. The van der Waals surface area contributed by atoms with Gasteiger partial charge >= 0.3 is 6.03 Å². The summed E-state index contributed by atoms with van der Waals surface area (Å²) in [7, 11) is 0. The third-order valence-corrected chi connectivity index (χ3v) is 4.76. The molecule has 8 heteroatoms. The number of rotatable bonds is 3. The highest BCUT2D eigenvalue weighted by Gasteiger charge is 2.13. The molecule has 0 unspecified atom stereocenters. The fourth-order valence-corrected chi connectivity index (χ4v) is 3.38. The van der Waals surface area contributed by atoms with Gasteiger partial charge in [-0.15, -0.1) is 0 Å². The number of benzene rings is 3. The zero-order chi connectivity index (χ0) is 19.7. The van der Waals surface area contributed by atoms with Crippen LogP contribution in [-0.4, -0.2) is 21.3 Å². The Morgan fingerprint density at radius 2 is 1.79 bits per heavy atom. The number of H-pyrrole nitrogens is 1. The first-order valence-electron chi connectivity index (χ1n) is 8.41. The molecule has 0 saturated heterocycles. The second-order valence-corrected chi connectivity index (χ2v) is 7.07. The van der Waals surface area contributed by atoms with E-state index < -0.39 is 0 Å². The van der Waals surface area contributed by atoms with Crippen molar-refractivity contribution in [1.82, 2.24) is 10.2 Å². The summed E-state index contributed by atoms with van der Waals surface area (Å²) in [6.45, 7) is 0. The summed E-state index contributed by atoms with van der Waals surface area (Å²) >= 11 is 3.37. The molecule has 0 aliphatic carbocycles. The molecule has 0 spiro atoms. The first-order valence-corrected chi connectivity index (χ1v) is 9.20. The molecule has 0 radical (unpaired) electrons. The van der Waals surface area contributed by atoms with Gasteiger partial charge in [0, 0.05) is 15.8 Å². The number of fused-ring (bicyclic) bond motifs is 1. The number of nitrogens with zero attached hydrogens (tertiary/aromatic N) is 1. The van der Waals surface area contributed by atoms with E-state index in [1.165, 1.54) is 0 Å². The molecule has 0 saturated carbocycles. The molecule has 4 rings (SSSR count). The molecule has 4 aromatic rings. The Balaban J connectivity index is 1.54. The quantitative estimate of drug-likeness (QED) is 0.312. The van der Waals surface area contributed by atoms with E-state index in [2.05, 4.69) is 36.8 Å². The van der Waals surface area contributed by atoms with E-state index in [1.54, 1.807) is 30.3 Å². The minimum absolute atomic E-state index is 0.0884. The molecule has 0 bridgehead atoms.